The number of rotatable bonds is 6. The quantitative estimate of drug-likeness (QED) is 0.643. The monoisotopic (exact) mass is 395 g/mol. The summed E-state index contributed by atoms with van der Waals surface area (Å²) in [5.74, 6) is -0.561. The van der Waals surface area contributed by atoms with Gasteiger partial charge in [-0.1, -0.05) is 66.2 Å². The summed E-state index contributed by atoms with van der Waals surface area (Å²) in [6, 6.07) is 16.4. The fourth-order valence-electron chi connectivity index (χ4n) is 2.60. The van der Waals surface area contributed by atoms with Crippen LogP contribution in [0.4, 0.5) is 5.69 Å². The van der Waals surface area contributed by atoms with E-state index in [1.807, 2.05) is 42.5 Å². The van der Waals surface area contributed by atoms with Crippen LogP contribution in [0.3, 0.4) is 0 Å². The minimum absolute atomic E-state index is 0.0113. The molecule has 0 saturated carbocycles. The molecule has 6 nitrogen and oxygen atoms in total. The number of carbonyl (C=O) groups excluding carboxylic acids is 1. The highest BCUT2D eigenvalue weighted by molar-refractivity contribution is 6.33. The van der Waals surface area contributed by atoms with Gasteiger partial charge in [-0.15, -0.1) is 0 Å². The highest BCUT2D eigenvalue weighted by atomic mass is 35.5. The molecule has 1 heterocycles. The van der Waals surface area contributed by atoms with Crippen molar-refractivity contribution in [3.63, 3.8) is 0 Å². The first-order valence-electron chi connectivity index (χ1n) is 8.53. The number of nitrogens with one attached hydrogen (secondary N) is 1. The van der Waals surface area contributed by atoms with E-state index in [0.717, 1.165) is 10.2 Å². The second-order valence-corrected chi connectivity index (χ2v) is 6.17. The minimum Gasteiger partial charge on any atom is -0.465 e. The number of hydrogen-bond acceptors (Lipinski definition) is 5. The van der Waals surface area contributed by atoms with E-state index in [2.05, 4.69) is 10.4 Å². The van der Waals surface area contributed by atoms with Gasteiger partial charge in [-0.2, -0.15) is 9.78 Å². The topological polar surface area (TPSA) is 73.2 Å². The predicted molar refractivity (Wildman–Crippen MR) is 110 cm³/mol. The van der Waals surface area contributed by atoms with Gasteiger partial charge in [0, 0.05) is 6.54 Å². The Morgan fingerprint density at radius 2 is 1.89 bits per heavy atom. The molecule has 0 aliphatic carbocycles. The maximum Gasteiger partial charge on any atom is 0.340 e. The van der Waals surface area contributed by atoms with Crippen LogP contribution in [0.2, 0.25) is 5.02 Å². The zero-order chi connectivity index (χ0) is 19.9. The van der Waals surface area contributed by atoms with Crippen molar-refractivity contribution in [2.24, 2.45) is 0 Å². The Morgan fingerprint density at radius 3 is 2.64 bits per heavy atom. The zero-order valence-electron chi connectivity index (χ0n) is 15.1. The van der Waals surface area contributed by atoms with Gasteiger partial charge in [0.05, 0.1) is 30.2 Å². The van der Waals surface area contributed by atoms with E-state index >= 15 is 0 Å². The van der Waals surface area contributed by atoms with E-state index < -0.39 is 11.5 Å². The van der Waals surface area contributed by atoms with Gasteiger partial charge in [-0.25, -0.2) is 4.79 Å². The third-order valence-electron chi connectivity index (χ3n) is 3.98. The molecule has 1 aromatic heterocycles. The number of carbonyl (C=O) groups is 1. The fraction of sp³-hybridized carbons (Fsp3) is 0.0952. The fourth-order valence-corrected chi connectivity index (χ4v) is 2.79. The van der Waals surface area contributed by atoms with Crippen molar-refractivity contribution >= 4 is 29.3 Å². The smallest absolute Gasteiger partial charge is 0.340 e. The zero-order valence-corrected chi connectivity index (χ0v) is 15.9. The third-order valence-corrected chi connectivity index (χ3v) is 4.34. The summed E-state index contributed by atoms with van der Waals surface area (Å²) in [5, 5.41) is 7.20. The molecule has 0 aliphatic heterocycles. The summed E-state index contributed by atoms with van der Waals surface area (Å²) in [5.41, 5.74) is 1.48. The molecule has 3 aromatic rings. The lowest BCUT2D eigenvalue weighted by Gasteiger charge is -2.11. The molecular formula is C21H18ClN3O3. The molecule has 0 unspecified atom stereocenters. The van der Waals surface area contributed by atoms with Crippen LogP contribution in [-0.2, 0) is 4.74 Å². The number of esters is 1. The molecule has 0 fully saturated rings. The second-order valence-electron chi connectivity index (χ2n) is 5.79. The van der Waals surface area contributed by atoms with E-state index in [1.54, 1.807) is 24.3 Å². The molecule has 0 saturated heterocycles. The number of halogens is 1. The van der Waals surface area contributed by atoms with Crippen molar-refractivity contribution < 1.29 is 9.53 Å². The van der Waals surface area contributed by atoms with Gasteiger partial charge in [0.15, 0.2) is 0 Å². The summed E-state index contributed by atoms with van der Waals surface area (Å²) in [6.07, 6.45) is 5.33. The maximum atomic E-state index is 12.7. The number of methoxy groups -OCH3 is 1. The van der Waals surface area contributed by atoms with Crippen LogP contribution in [0.15, 0.2) is 71.7 Å². The Labute approximate surface area is 167 Å². The SMILES string of the molecule is COC(=O)c1ccccc1-n1ncc(NC/C=C/c2ccccc2)c(Cl)c1=O. The largest absolute Gasteiger partial charge is 0.465 e. The Balaban J connectivity index is 1.82. The van der Waals surface area contributed by atoms with Crippen molar-refractivity contribution in [3.05, 3.63) is 93.4 Å². The van der Waals surface area contributed by atoms with Crippen molar-refractivity contribution in [2.45, 2.75) is 0 Å². The van der Waals surface area contributed by atoms with Gasteiger partial charge in [-0.05, 0) is 17.7 Å². The molecule has 0 bridgehead atoms. The molecule has 142 valence electrons. The number of anilines is 1. The number of para-hydroxylation sites is 1. The van der Waals surface area contributed by atoms with Gasteiger partial charge < -0.3 is 10.1 Å². The lowest BCUT2D eigenvalue weighted by Crippen LogP contribution is -2.24. The molecule has 0 aliphatic rings. The summed E-state index contributed by atoms with van der Waals surface area (Å²) in [7, 11) is 1.28. The van der Waals surface area contributed by atoms with E-state index in [1.165, 1.54) is 13.3 Å². The normalized spacial score (nSPS) is 10.8. The lowest BCUT2D eigenvalue weighted by molar-refractivity contribution is 0.0600. The molecule has 0 amide bonds. The van der Waals surface area contributed by atoms with Crippen LogP contribution in [0, 0.1) is 0 Å². The van der Waals surface area contributed by atoms with Gasteiger partial charge in [0.1, 0.15) is 5.02 Å². The average Bonchev–Trinajstić information content (AvgIpc) is 2.74. The predicted octanol–water partition coefficient (Wildman–Crippen LogP) is 3.80. The van der Waals surface area contributed by atoms with Gasteiger partial charge in [0.2, 0.25) is 0 Å². The van der Waals surface area contributed by atoms with Crippen LogP contribution in [0.25, 0.3) is 11.8 Å². The summed E-state index contributed by atoms with van der Waals surface area (Å²) < 4.78 is 5.84. The van der Waals surface area contributed by atoms with Crippen LogP contribution in [0.1, 0.15) is 15.9 Å². The summed E-state index contributed by atoms with van der Waals surface area (Å²) >= 11 is 6.23. The molecular weight excluding hydrogens is 378 g/mol. The molecule has 0 spiro atoms. The summed E-state index contributed by atoms with van der Waals surface area (Å²) in [6.45, 7) is 0.471. The second kappa shape index (κ2) is 9.01. The third kappa shape index (κ3) is 4.29. The maximum absolute atomic E-state index is 12.7. The lowest BCUT2D eigenvalue weighted by atomic mass is 10.2. The molecule has 3 rings (SSSR count). The molecule has 7 heteroatoms. The highest BCUT2D eigenvalue weighted by Gasteiger charge is 2.16. The Morgan fingerprint density at radius 1 is 1.18 bits per heavy atom. The van der Waals surface area contributed by atoms with Crippen LogP contribution in [0.5, 0.6) is 0 Å². The first-order chi connectivity index (χ1) is 13.6. The number of hydrogen-bond donors (Lipinski definition) is 1. The molecule has 0 atom stereocenters. The molecule has 2 aromatic carbocycles. The number of aromatic nitrogens is 2. The van der Waals surface area contributed by atoms with Gasteiger partial charge >= 0.3 is 5.97 Å². The number of ether oxygens (including phenoxy) is 1. The molecule has 1 N–H and O–H groups in total. The first kappa shape index (κ1) is 19.4. The molecule has 28 heavy (non-hydrogen) atoms. The minimum atomic E-state index is -0.561. The van der Waals surface area contributed by atoms with Crippen LogP contribution < -0.4 is 10.9 Å². The standard InChI is InChI=1S/C21H18ClN3O3/c1-28-21(27)16-11-5-6-12-18(16)25-20(26)19(22)17(14-24-25)23-13-7-10-15-8-3-2-4-9-15/h2-12,14,23H,13H2,1H3/b10-7+. The van der Waals surface area contributed by atoms with Crippen molar-refractivity contribution in [2.75, 3.05) is 19.0 Å². The van der Waals surface area contributed by atoms with Gasteiger partial charge in [-0.3, -0.25) is 4.79 Å². The van der Waals surface area contributed by atoms with Gasteiger partial charge in [0.25, 0.3) is 5.56 Å². The van der Waals surface area contributed by atoms with E-state index in [4.69, 9.17) is 16.3 Å². The number of benzene rings is 2. The Kier molecular flexibility index (Phi) is 6.24. The molecule has 0 radical (unpaired) electrons. The van der Waals surface area contributed by atoms with Crippen molar-refractivity contribution in [3.8, 4) is 5.69 Å². The van der Waals surface area contributed by atoms with Crippen LogP contribution >= 0.6 is 11.6 Å². The van der Waals surface area contributed by atoms with E-state index in [0.29, 0.717) is 17.9 Å². The Hall–Kier alpha value is -3.38. The highest BCUT2D eigenvalue weighted by Crippen LogP contribution is 2.18. The van der Waals surface area contributed by atoms with Crippen molar-refractivity contribution in [1.82, 2.24) is 9.78 Å². The average molecular weight is 396 g/mol. The Bertz CT molecular complexity index is 1060. The van der Waals surface area contributed by atoms with Crippen LogP contribution in [-0.4, -0.2) is 29.4 Å². The number of nitrogens with zero attached hydrogens (tertiary/aromatic N) is 2. The summed E-state index contributed by atoms with van der Waals surface area (Å²) in [4.78, 5) is 24.6. The van der Waals surface area contributed by atoms with E-state index in [9.17, 15) is 9.59 Å². The van der Waals surface area contributed by atoms with E-state index in [-0.39, 0.29) is 10.6 Å². The van der Waals surface area contributed by atoms with Crippen molar-refractivity contribution in [1.29, 1.82) is 0 Å². The first-order valence-corrected chi connectivity index (χ1v) is 8.90.